The van der Waals surface area contributed by atoms with E-state index in [1.54, 1.807) is 5.56 Å². The lowest BCUT2D eigenvalue weighted by atomic mass is 9.62. The SMILES string of the molecule is C/C(=C\C(=O)O)CC[C@H]1CC1[C@H](C)c1ccc2c(c1)C(C)(C)CCC2(C)C. The van der Waals surface area contributed by atoms with Crippen LogP contribution in [0, 0.1) is 11.8 Å². The van der Waals surface area contributed by atoms with Gasteiger partial charge in [-0.3, -0.25) is 0 Å². The Morgan fingerprint density at radius 3 is 2.44 bits per heavy atom. The molecule has 27 heavy (non-hydrogen) atoms. The second-order valence-electron chi connectivity index (χ2n) is 10.4. The van der Waals surface area contributed by atoms with E-state index in [0.29, 0.717) is 5.92 Å². The van der Waals surface area contributed by atoms with Crippen molar-refractivity contribution in [2.45, 2.75) is 90.4 Å². The summed E-state index contributed by atoms with van der Waals surface area (Å²) in [5.41, 5.74) is 6.12. The van der Waals surface area contributed by atoms with E-state index >= 15 is 0 Å². The molecule has 2 nitrogen and oxygen atoms in total. The molecular formula is C25H36O2. The van der Waals surface area contributed by atoms with Gasteiger partial charge in [0.25, 0.3) is 0 Å². The fourth-order valence-electron chi connectivity index (χ4n) is 5.05. The highest BCUT2D eigenvalue weighted by atomic mass is 16.4. The summed E-state index contributed by atoms with van der Waals surface area (Å²) in [7, 11) is 0. The second kappa shape index (κ2) is 7.11. The minimum atomic E-state index is -0.826. The third-order valence-corrected chi connectivity index (χ3v) is 7.30. The van der Waals surface area contributed by atoms with Gasteiger partial charge in [0.05, 0.1) is 0 Å². The number of carboxylic acids is 1. The van der Waals surface area contributed by atoms with Crippen LogP contribution in [-0.2, 0) is 15.6 Å². The van der Waals surface area contributed by atoms with Crippen LogP contribution in [0.1, 0.15) is 96.3 Å². The van der Waals surface area contributed by atoms with Crippen LogP contribution in [-0.4, -0.2) is 11.1 Å². The first-order chi connectivity index (χ1) is 12.5. The molecule has 0 saturated heterocycles. The van der Waals surface area contributed by atoms with Crippen LogP contribution in [0.2, 0.25) is 0 Å². The van der Waals surface area contributed by atoms with Gasteiger partial charge in [0, 0.05) is 6.08 Å². The molecule has 1 saturated carbocycles. The number of carboxylic acid groups (broad SMARTS) is 1. The zero-order chi connectivity index (χ0) is 20.0. The highest BCUT2D eigenvalue weighted by Crippen LogP contribution is 2.52. The first-order valence-corrected chi connectivity index (χ1v) is 10.6. The summed E-state index contributed by atoms with van der Waals surface area (Å²) >= 11 is 0. The van der Waals surface area contributed by atoms with Crippen LogP contribution in [0.25, 0.3) is 0 Å². The third-order valence-electron chi connectivity index (χ3n) is 7.30. The first-order valence-electron chi connectivity index (χ1n) is 10.6. The lowest BCUT2D eigenvalue weighted by molar-refractivity contribution is -0.131. The Labute approximate surface area is 165 Å². The van der Waals surface area contributed by atoms with Gasteiger partial charge in [-0.05, 0) is 84.3 Å². The zero-order valence-electron chi connectivity index (χ0n) is 17.9. The average molecular weight is 369 g/mol. The van der Waals surface area contributed by atoms with Gasteiger partial charge in [0.2, 0.25) is 0 Å². The molecule has 0 aliphatic heterocycles. The van der Waals surface area contributed by atoms with E-state index in [0.717, 1.165) is 30.3 Å². The fourth-order valence-corrected chi connectivity index (χ4v) is 5.05. The number of aliphatic carboxylic acids is 1. The van der Waals surface area contributed by atoms with Crippen molar-refractivity contribution in [1.29, 1.82) is 0 Å². The van der Waals surface area contributed by atoms with Gasteiger partial charge in [0.15, 0.2) is 0 Å². The lowest BCUT2D eigenvalue weighted by Gasteiger charge is -2.42. The number of hydrogen-bond acceptors (Lipinski definition) is 1. The standard InChI is InChI=1S/C25H36O2/c1-16(13-23(26)27)7-8-19-14-20(19)17(2)18-9-10-21-22(15-18)25(5,6)12-11-24(21,3)4/h9-10,13,15,17,19-20H,7-8,11-12,14H2,1-6H3,(H,26,27)/b16-13+/t17-,19+,20?/m1/s1. The van der Waals surface area contributed by atoms with Crippen molar-refractivity contribution >= 4 is 5.97 Å². The van der Waals surface area contributed by atoms with Gasteiger partial charge in [-0.1, -0.05) is 58.4 Å². The molecule has 0 amide bonds. The number of allylic oxidation sites excluding steroid dienone is 1. The fraction of sp³-hybridized carbons (Fsp3) is 0.640. The van der Waals surface area contributed by atoms with Gasteiger partial charge < -0.3 is 5.11 Å². The van der Waals surface area contributed by atoms with Crippen molar-refractivity contribution in [2.24, 2.45) is 11.8 Å². The number of benzene rings is 1. The van der Waals surface area contributed by atoms with Crippen molar-refractivity contribution in [3.63, 3.8) is 0 Å². The molecule has 0 heterocycles. The summed E-state index contributed by atoms with van der Waals surface area (Å²) < 4.78 is 0. The summed E-state index contributed by atoms with van der Waals surface area (Å²) in [6.45, 7) is 13.9. The molecule has 0 bridgehead atoms. The molecule has 1 fully saturated rings. The van der Waals surface area contributed by atoms with Gasteiger partial charge in [0.1, 0.15) is 0 Å². The van der Waals surface area contributed by atoms with E-state index in [-0.39, 0.29) is 10.8 Å². The summed E-state index contributed by atoms with van der Waals surface area (Å²) in [4.78, 5) is 10.8. The van der Waals surface area contributed by atoms with Gasteiger partial charge in [-0.15, -0.1) is 0 Å². The van der Waals surface area contributed by atoms with Crippen LogP contribution in [0.5, 0.6) is 0 Å². The monoisotopic (exact) mass is 368 g/mol. The molecule has 1 aromatic rings. The number of fused-ring (bicyclic) bond motifs is 1. The maximum atomic E-state index is 10.8. The highest BCUT2D eigenvalue weighted by molar-refractivity contribution is 5.80. The normalized spacial score (nSPS) is 27.0. The largest absolute Gasteiger partial charge is 0.478 e. The quantitative estimate of drug-likeness (QED) is 0.575. The molecule has 3 rings (SSSR count). The maximum absolute atomic E-state index is 10.8. The molecule has 1 N–H and O–H groups in total. The smallest absolute Gasteiger partial charge is 0.328 e. The predicted octanol–water partition coefficient (Wildman–Crippen LogP) is 6.59. The Kier molecular flexibility index (Phi) is 5.31. The van der Waals surface area contributed by atoms with E-state index in [2.05, 4.69) is 52.8 Å². The van der Waals surface area contributed by atoms with E-state index < -0.39 is 5.97 Å². The van der Waals surface area contributed by atoms with Crippen LogP contribution < -0.4 is 0 Å². The van der Waals surface area contributed by atoms with Crippen LogP contribution in [0.15, 0.2) is 29.8 Å². The predicted molar refractivity (Wildman–Crippen MR) is 112 cm³/mol. The average Bonchev–Trinajstić information content (AvgIpc) is 3.35. The summed E-state index contributed by atoms with van der Waals surface area (Å²) in [5.74, 6) is 1.26. The molecule has 2 aliphatic rings. The second-order valence-corrected chi connectivity index (χ2v) is 10.4. The van der Waals surface area contributed by atoms with Gasteiger partial charge >= 0.3 is 5.97 Å². The summed E-state index contributed by atoms with van der Waals surface area (Å²) in [5, 5.41) is 8.85. The molecule has 0 aromatic heterocycles. The first kappa shape index (κ1) is 20.2. The van der Waals surface area contributed by atoms with E-state index in [4.69, 9.17) is 5.11 Å². The lowest BCUT2D eigenvalue weighted by Crippen LogP contribution is -2.34. The van der Waals surface area contributed by atoms with Crippen LogP contribution in [0.4, 0.5) is 0 Å². The molecule has 2 heteroatoms. The third kappa shape index (κ3) is 4.31. The van der Waals surface area contributed by atoms with Crippen LogP contribution >= 0.6 is 0 Å². The maximum Gasteiger partial charge on any atom is 0.328 e. The number of hydrogen-bond donors (Lipinski definition) is 1. The summed E-state index contributed by atoms with van der Waals surface area (Å²) in [6, 6.07) is 7.28. The van der Waals surface area contributed by atoms with Crippen molar-refractivity contribution < 1.29 is 9.90 Å². The summed E-state index contributed by atoms with van der Waals surface area (Å²) in [6.07, 6.45) is 7.18. The van der Waals surface area contributed by atoms with E-state index in [9.17, 15) is 4.79 Å². The van der Waals surface area contributed by atoms with Crippen molar-refractivity contribution in [2.75, 3.05) is 0 Å². The minimum absolute atomic E-state index is 0.266. The molecule has 2 aliphatic carbocycles. The topological polar surface area (TPSA) is 37.3 Å². The molecule has 1 unspecified atom stereocenters. The Hall–Kier alpha value is -1.57. The molecular weight excluding hydrogens is 332 g/mol. The Morgan fingerprint density at radius 2 is 1.81 bits per heavy atom. The molecule has 1 aromatic carbocycles. The Morgan fingerprint density at radius 1 is 1.19 bits per heavy atom. The minimum Gasteiger partial charge on any atom is -0.478 e. The zero-order valence-corrected chi connectivity index (χ0v) is 17.9. The molecule has 0 spiro atoms. The van der Waals surface area contributed by atoms with Crippen molar-refractivity contribution in [3.05, 3.63) is 46.5 Å². The van der Waals surface area contributed by atoms with Crippen LogP contribution in [0.3, 0.4) is 0 Å². The molecule has 3 atom stereocenters. The molecule has 148 valence electrons. The highest BCUT2D eigenvalue weighted by Gasteiger charge is 2.42. The molecule has 0 radical (unpaired) electrons. The Balaban J connectivity index is 1.70. The van der Waals surface area contributed by atoms with E-state index in [1.165, 1.54) is 36.5 Å². The van der Waals surface area contributed by atoms with Gasteiger partial charge in [-0.2, -0.15) is 0 Å². The van der Waals surface area contributed by atoms with Crippen molar-refractivity contribution in [1.82, 2.24) is 0 Å². The van der Waals surface area contributed by atoms with E-state index in [1.807, 2.05) is 6.92 Å². The number of carbonyl (C=O) groups is 1. The van der Waals surface area contributed by atoms with Crippen molar-refractivity contribution in [3.8, 4) is 0 Å². The Bertz CT molecular complexity index is 754. The van der Waals surface area contributed by atoms with Gasteiger partial charge in [-0.25, -0.2) is 4.79 Å². The number of rotatable bonds is 6.